The third-order valence-corrected chi connectivity index (χ3v) is 5.37. The van der Waals surface area contributed by atoms with Crippen molar-refractivity contribution >= 4 is 5.97 Å². The number of allylic oxidation sites excluding steroid dienone is 3. The van der Waals surface area contributed by atoms with Gasteiger partial charge in [0.1, 0.15) is 0 Å². The Hall–Kier alpha value is -1.39. The molecule has 0 saturated carbocycles. The van der Waals surface area contributed by atoms with Crippen LogP contribution in [0.3, 0.4) is 0 Å². The lowest BCUT2D eigenvalue weighted by Crippen LogP contribution is -2.39. The summed E-state index contributed by atoms with van der Waals surface area (Å²) in [5, 5.41) is 20.2. The fraction of sp³-hybridized carbons (Fsp3) is 0.650. The third-order valence-electron chi connectivity index (χ3n) is 5.37. The van der Waals surface area contributed by atoms with E-state index in [2.05, 4.69) is 32.6 Å². The molecule has 2 aliphatic heterocycles. The maximum Gasteiger partial charge on any atom is 0.331 e. The van der Waals surface area contributed by atoms with Gasteiger partial charge in [-0.2, -0.15) is 0 Å². The van der Waals surface area contributed by atoms with Crippen molar-refractivity contribution < 1.29 is 19.7 Å². The van der Waals surface area contributed by atoms with Crippen LogP contribution in [-0.4, -0.2) is 34.0 Å². The van der Waals surface area contributed by atoms with E-state index in [0.29, 0.717) is 19.3 Å². The number of carboxylic acids is 1. The van der Waals surface area contributed by atoms with Crippen LogP contribution in [0.15, 0.2) is 35.5 Å². The quantitative estimate of drug-likeness (QED) is 0.591. The van der Waals surface area contributed by atoms with Crippen molar-refractivity contribution in [3.05, 3.63) is 35.5 Å². The minimum Gasteiger partial charge on any atom is -0.478 e. The first-order chi connectivity index (χ1) is 11.2. The molecule has 2 bridgehead atoms. The van der Waals surface area contributed by atoms with E-state index in [0.717, 1.165) is 19.3 Å². The summed E-state index contributed by atoms with van der Waals surface area (Å²) >= 11 is 0. The molecule has 0 aromatic rings. The summed E-state index contributed by atoms with van der Waals surface area (Å²) in [5.41, 5.74) is 1.77. The molecule has 0 unspecified atom stereocenters. The number of rotatable bonds is 2. The summed E-state index contributed by atoms with van der Waals surface area (Å²) in [4.78, 5) is 11.4. The molecule has 4 nitrogen and oxygen atoms in total. The average Bonchev–Trinajstić information content (AvgIpc) is 2.90. The van der Waals surface area contributed by atoms with Gasteiger partial charge < -0.3 is 14.9 Å². The zero-order valence-corrected chi connectivity index (χ0v) is 15.0. The first-order valence-electron chi connectivity index (χ1n) is 8.82. The van der Waals surface area contributed by atoms with Gasteiger partial charge in [-0.1, -0.05) is 29.9 Å². The van der Waals surface area contributed by atoms with Crippen LogP contribution in [0.5, 0.6) is 0 Å². The zero-order chi connectivity index (χ0) is 17.9. The van der Waals surface area contributed by atoms with E-state index in [-0.39, 0.29) is 23.7 Å². The maximum atomic E-state index is 11.4. The fourth-order valence-corrected chi connectivity index (χ4v) is 3.68. The summed E-state index contributed by atoms with van der Waals surface area (Å²) in [6, 6.07) is 0. The Morgan fingerprint density at radius 3 is 2.62 bits per heavy atom. The van der Waals surface area contributed by atoms with Gasteiger partial charge >= 0.3 is 5.97 Å². The molecular formula is C20H30O4. The SMILES string of the molecule is C=C(C(=O)O)[C@@H]1C[C@@H]2O[C@H]1C/C(C)=C\CCC(C)=CCC[C@@]2(C)O. The molecular weight excluding hydrogens is 304 g/mol. The van der Waals surface area contributed by atoms with Crippen LogP contribution < -0.4 is 0 Å². The van der Waals surface area contributed by atoms with Gasteiger partial charge in [0.2, 0.25) is 0 Å². The number of carboxylic acid groups (broad SMARTS) is 1. The van der Waals surface area contributed by atoms with Crippen molar-refractivity contribution in [1.29, 1.82) is 0 Å². The number of fused-ring (bicyclic) bond motifs is 2. The van der Waals surface area contributed by atoms with Gasteiger partial charge in [-0.25, -0.2) is 4.79 Å². The molecule has 2 aliphatic rings. The molecule has 4 atom stereocenters. The van der Waals surface area contributed by atoms with Gasteiger partial charge in [-0.3, -0.25) is 0 Å². The second-order valence-electron chi connectivity index (χ2n) is 7.58. The molecule has 4 heteroatoms. The van der Waals surface area contributed by atoms with Crippen molar-refractivity contribution in [1.82, 2.24) is 0 Å². The molecule has 1 saturated heterocycles. The Labute approximate surface area is 144 Å². The number of aliphatic carboxylic acids is 1. The van der Waals surface area contributed by atoms with Crippen molar-refractivity contribution in [3.8, 4) is 0 Å². The van der Waals surface area contributed by atoms with Crippen molar-refractivity contribution in [2.24, 2.45) is 5.92 Å². The largest absolute Gasteiger partial charge is 0.478 e. The van der Waals surface area contributed by atoms with E-state index in [9.17, 15) is 15.0 Å². The van der Waals surface area contributed by atoms with Crippen LogP contribution in [0.25, 0.3) is 0 Å². The highest BCUT2D eigenvalue weighted by atomic mass is 16.5. The Kier molecular flexibility index (Phi) is 6.05. The van der Waals surface area contributed by atoms with E-state index >= 15 is 0 Å². The van der Waals surface area contributed by atoms with E-state index in [1.807, 2.05) is 0 Å². The van der Waals surface area contributed by atoms with E-state index in [1.165, 1.54) is 11.1 Å². The lowest BCUT2D eigenvalue weighted by Gasteiger charge is -2.29. The highest BCUT2D eigenvalue weighted by Crippen LogP contribution is 2.40. The van der Waals surface area contributed by atoms with Crippen LogP contribution in [-0.2, 0) is 9.53 Å². The predicted octanol–water partition coefficient (Wildman–Crippen LogP) is 4.01. The number of aliphatic hydroxyl groups is 1. The van der Waals surface area contributed by atoms with Gasteiger partial charge in [-0.15, -0.1) is 0 Å². The molecule has 2 heterocycles. The average molecular weight is 334 g/mol. The molecule has 0 aromatic heterocycles. The van der Waals surface area contributed by atoms with Crippen molar-refractivity contribution in [2.75, 3.05) is 0 Å². The topological polar surface area (TPSA) is 66.8 Å². The summed E-state index contributed by atoms with van der Waals surface area (Å²) in [7, 11) is 0. The standard InChI is InChI=1S/C20H30O4/c1-13-7-5-8-14(2)11-17-16(15(3)19(21)22)12-18(24-17)20(4,23)10-6-9-13/h8-9,16-18,23H,3,5-7,10-12H2,1-2,4H3,(H,21,22)/b13-9?,14-8-/t16-,17-,18-,20+/m0/s1. The highest BCUT2D eigenvalue weighted by molar-refractivity contribution is 5.86. The first-order valence-corrected chi connectivity index (χ1v) is 8.82. The maximum absolute atomic E-state index is 11.4. The minimum atomic E-state index is -0.977. The second kappa shape index (κ2) is 7.66. The van der Waals surface area contributed by atoms with Crippen LogP contribution in [0.4, 0.5) is 0 Å². The van der Waals surface area contributed by atoms with Gasteiger partial charge in [-0.05, 0) is 59.3 Å². The molecule has 0 aliphatic carbocycles. The summed E-state index contributed by atoms with van der Waals surface area (Å²) in [5.74, 6) is -1.22. The molecule has 24 heavy (non-hydrogen) atoms. The van der Waals surface area contributed by atoms with Crippen LogP contribution in [0.2, 0.25) is 0 Å². The fourth-order valence-electron chi connectivity index (χ4n) is 3.68. The van der Waals surface area contributed by atoms with E-state index in [4.69, 9.17) is 4.74 Å². The van der Waals surface area contributed by atoms with Crippen molar-refractivity contribution in [3.63, 3.8) is 0 Å². The lowest BCUT2D eigenvalue weighted by molar-refractivity contribution is -0.133. The van der Waals surface area contributed by atoms with E-state index < -0.39 is 11.6 Å². The third kappa shape index (κ3) is 4.58. The number of hydrogen-bond donors (Lipinski definition) is 2. The molecule has 0 aromatic carbocycles. The summed E-state index contributed by atoms with van der Waals surface area (Å²) in [6.07, 6.45) is 8.43. The number of carbonyl (C=O) groups is 1. The van der Waals surface area contributed by atoms with Crippen LogP contribution >= 0.6 is 0 Å². The lowest BCUT2D eigenvalue weighted by atomic mass is 9.83. The van der Waals surface area contributed by atoms with Gasteiger partial charge in [0.15, 0.2) is 0 Å². The van der Waals surface area contributed by atoms with Crippen LogP contribution in [0.1, 0.15) is 59.3 Å². The monoisotopic (exact) mass is 334 g/mol. The molecule has 2 rings (SSSR count). The van der Waals surface area contributed by atoms with E-state index in [1.54, 1.807) is 6.92 Å². The molecule has 134 valence electrons. The van der Waals surface area contributed by atoms with Crippen molar-refractivity contribution in [2.45, 2.75) is 77.1 Å². The zero-order valence-electron chi connectivity index (χ0n) is 15.0. The molecule has 0 radical (unpaired) electrons. The van der Waals surface area contributed by atoms with Gasteiger partial charge in [0.25, 0.3) is 0 Å². The smallest absolute Gasteiger partial charge is 0.331 e. The Bertz CT molecular complexity index is 556. The van der Waals surface area contributed by atoms with Gasteiger partial charge in [0.05, 0.1) is 17.8 Å². The summed E-state index contributed by atoms with van der Waals surface area (Å²) in [6.45, 7) is 9.74. The summed E-state index contributed by atoms with van der Waals surface area (Å²) < 4.78 is 6.14. The van der Waals surface area contributed by atoms with Gasteiger partial charge in [0, 0.05) is 11.5 Å². The first kappa shape index (κ1) is 18.9. The Balaban J connectivity index is 2.27. The molecule has 0 amide bonds. The number of hydrogen-bond acceptors (Lipinski definition) is 3. The molecule has 0 spiro atoms. The molecule has 2 N–H and O–H groups in total. The minimum absolute atomic E-state index is 0.189. The molecule has 1 fully saturated rings. The van der Waals surface area contributed by atoms with Crippen LogP contribution in [0, 0.1) is 5.92 Å². The Morgan fingerprint density at radius 1 is 1.29 bits per heavy atom. The second-order valence-corrected chi connectivity index (χ2v) is 7.58. The predicted molar refractivity (Wildman–Crippen MR) is 94.8 cm³/mol. The normalized spacial score (nSPS) is 37.2. The highest BCUT2D eigenvalue weighted by Gasteiger charge is 2.45. The Morgan fingerprint density at radius 2 is 1.96 bits per heavy atom. The number of ether oxygens (including phenoxy) is 1.